The van der Waals surface area contributed by atoms with E-state index in [9.17, 15) is 43.7 Å². The predicted molar refractivity (Wildman–Crippen MR) is 115 cm³/mol. The molecule has 34 heavy (non-hydrogen) atoms. The van der Waals surface area contributed by atoms with Crippen LogP contribution in [0.3, 0.4) is 0 Å². The summed E-state index contributed by atoms with van der Waals surface area (Å²) in [5, 5.41) is -1.25. The van der Waals surface area contributed by atoms with E-state index in [0.29, 0.717) is 12.5 Å². The minimum absolute atomic E-state index is 0.0275. The second kappa shape index (κ2) is 7.83. The molecule has 0 bridgehead atoms. The van der Waals surface area contributed by atoms with E-state index in [1.54, 1.807) is 6.92 Å². The van der Waals surface area contributed by atoms with Gasteiger partial charge in [0.15, 0.2) is 0 Å². The van der Waals surface area contributed by atoms with Gasteiger partial charge in [-0.25, -0.2) is 25.3 Å². The average molecular weight is 526 g/mol. The lowest BCUT2D eigenvalue weighted by Gasteiger charge is -2.22. The van der Waals surface area contributed by atoms with Crippen LogP contribution in [0.4, 0.5) is 0 Å². The molecule has 11 nitrogen and oxygen atoms in total. The van der Waals surface area contributed by atoms with Crippen LogP contribution in [0.1, 0.15) is 19.8 Å². The summed E-state index contributed by atoms with van der Waals surface area (Å²) < 4.78 is 113. The van der Waals surface area contributed by atoms with Crippen molar-refractivity contribution in [3.05, 3.63) is 36.4 Å². The van der Waals surface area contributed by atoms with Gasteiger partial charge in [-0.2, -0.15) is 0 Å². The molecule has 0 unspecified atom stereocenters. The summed E-state index contributed by atoms with van der Waals surface area (Å²) in [7, 11) is -15.8. The minimum Gasteiger partial charge on any atom is -0.744 e. The van der Waals surface area contributed by atoms with Crippen LogP contribution in [0.5, 0.6) is 5.75 Å². The smallest absolute Gasteiger partial charge is 0.311 e. The van der Waals surface area contributed by atoms with Gasteiger partial charge in [0, 0.05) is 38.7 Å². The minimum atomic E-state index is -5.30. The van der Waals surface area contributed by atoms with Gasteiger partial charge >= 0.3 is 5.97 Å². The molecule has 0 atom stereocenters. The first-order valence-electron chi connectivity index (χ1n) is 9.51. The quantitative estimate of drug-likeness (QED) is 0.154. The van der Waals surface area contributed by atoms with E-state index in [2.05, 4.69) is 0 Å². The summed E-state index contributed by atoms with van der Waals surface area (Å²) in [4.78, 5) is 9.24. The first-order chi connectivity index (χ1) is 15.6. The molecule has 4 rings (SSSR count). The fraction of sp³-hybridized carbons (Fsp3) is 0.150. The first-order valence-corrected chi connectivity index (χ1v) is 13.7. The van der Waals surface area contributed by atoms with E-state index in [1.807, 2.05) is 0 Å². The summed E-state index contributed by atoms with van der Waals surface area (Å²) in [5.74, 6) is -1.10. The lowest BCUT2D eigenvalue weighted by Crippen LogP contribution is -2.10. The highest BCUT2D eigenvalue weighted by Crippen LogP contribution is 2.45. The standard InChI is InChI=1S/C20H16O11S3/c1-2-3-18(21)31-14-8-15(32(22,23)24)11-6-7-13-17(34(28,29)30)9-16(33(25,26)27)12-5-4-10(14)19(11)20(12)13/h4-9H,2-3H2,1H3,(H,22,23,24)(H,25,26,27)(H,28,29,30)/p-3. The number of carbonyl (C=O) groups is 1. The van der Waals surface area contributed by atoms with Crippen molar-refractivity contribution >= 4 is 68.6 Å². The second-order valence-electron chi connectivity index (χ2n) is 7.40. The van der Waals surface area contributed by atoms with Gasteiger partial charge < -0.3 is 18.4 Å². The molecule has 0 aromatic heterocycles. The van der Waals surface area contributed by atoms with Crippen molar-refractivity contribution in [3.63, 3.8) is 0 Å². The van der Waals surface area contributed by atoms with E-state index < -0.39 is 51.0 Å². The fourth-order valence-corrected chi connectivity index (χ4v) is 6.12. The summed E-state index contributed by atoms with van der Waals surface area (Å²) in [5.41, 5.74) is 0. The van der Waals surface area contributed by atoms with Crippen LogP contribution in [-0.4, -0.2) is 44.9 Å². The Morgan fingerprint density at radius 2 is 1.09 bits per heavy atom. The van der Waals surface area contributed by atoms with E-state index >= 15 is 0 Å². The molecule has 4 aromatic rings. The van der Waals surface area contributed by atoms with E-state index in [1.165, 1.54) is 6.07 Å². The number of rotatable bonds is 6. The number of ether oxygens (including phenoxy) is 1. The van der Waals surface area contributed by atoms with Crippen molar-refractivity contribution in [1.82, 2.24) is 0 Å². The van der Waals surface area contributed by atoms with Crippen LogP contribution >= 0.6 is 0 Å². The highest BCUT2D eigenvalue weighted by atomic mass is 32.2. The topological polar surface area (TPSA) is 198 Å². The van der Waals surface area contributed by atoms with Crippen molar-refractivity contribution in [2.75, 3.05) is 0 Å². The Bertz CT molecular complexity index is 1770. The number of hydrogen-bond acceptors (Lipinski definition) is 11. The van der Waals surface area contributed by atoms with Crippen LogP contribution in [0.2, 0.25) is 0 Å². The van der Waals surface area contributed by atoms with Crippen LogP contribution in [0, 0.1) is 0 Å². The molecule has 0 fully saturated rings. The third kappa shape index (κ3) is 3.97. The third-order valence-electron chi connectivity index (χ3n) is 5.23. The lowest BCUT2D eigenvalue weighted by atomic mass is 9.93. The molecular formula is C20H13O11S3-3. The zero-order chi connectivity index (χ0) is 25.2. The molecule has 14 heteroatoms. The normalized spacial score (nSPS) is 13.2. The van der Waals surface area contributed by atoms with Gasteiger partial charge in [0.05, 0.1) is 14.7 Å². The maximum absolute atomic E-state index is 12.1. The van der Waals surface area contributed by atoms with Gasteiger partial charge in [0.1, 0.15) is 36.1 Å². The zero-order valence-corrected chi connectivity index (χ0v) is 19.5. The zero-order valence-electron chi connectivity index (χ0n) is 17.1. The Kier molecular flexibility index (Phi) is 5.58. The van der Waals surface area contributed by atoms with Crippen LogP contribution < -0.4 is 4.74 Å². The highest BCUT2D eigenvalue weighted by molar-refractivity contribution is 7.87. The van der Waals surface area contributed by atoms with Crippen molar-refractivity contribution in [2.24, 2.45) is 0 Å². The molecule has 0 saturated heterocycles. The summed E-state index contributed by atoms with van der Waals surface area (Å²) >= 11 is 0. The molecule has 0 radical (unpaired) electrons. The van der Waals surface area contributed by atoms with Gasteiger partial charge in [0.2, 0.25) is 0 Å². The van der Waals surface area contributed by atoms with Gasteiger partial charge in [-0.15, -0.1) is 0 Å². The first kappa shape index (κ1) is 24.3. The molecule has 0 aliphatic rings. The SMILES string of the molecule is CCCC(=O)Oc1cc(S(=O)(=O)[O-])c2ccc3c(S(=O)(=O)[O-])cc(S(=O)(=O)[O-])c4ccc1c2c43. The van der Waals surface area contributed by atoms with E-state index in [-0.39, 0.29) is 44.5 Å². The molecule has 0 N–H and O–H groups in total. The monoisotopic (exact) mass is 525 g/mol. The number of benzene rings is 4. The van der Waals surface area contributed by atoms with Crippen LogP contribution in [-0.2, 0) is 35.1 Å². The predicted octanol–water partition coefficient (Wildman–Crippen LogP) is 2.00. The Hall–Kier alpha value is -2.88. The number of hydrogen-bond donors (Lipinski definition) is 0. The Labute approximate surface area is 193 Å². The van der Waals surface area contributed by atoms with Crippen molar-refractivity contribution in [1.29, 1.82) is 0 Å². The largest absolute Gasteiger partial charge is 0.744 e. The summed E-state index contributed by atoms with van der Waals surface area (Å²) in [6, 6.07) is 5.77. The molecule has 0 saturated carbocycles. The van der Waals surface area contributed by atoms with Gasteiger partial charge in [0.25, 0.3) is 0 Å². The lowest BCUT2D eigenvalue weighted by molar-refractivity contribution is -0.134. The summed E-state index contributed by atoms with van der Waals surface area (Å²) in [6.07, 6.45) is 0.353. The molecule has 0 aliphatic carbocycles. The number of carbonyl (C=O) groups excluding carboxylic acids is 1. The Morgan fingerprint density at radius 1 is 0.706 bits per heavy atom. The van der Waals surface area contributed by atoms with E-state index in [4.69, 9.17) is 4.74 Å². The van der Waals surface area contributed by atoms with Gasteiger partial charge in [-0.3, -0.25) is 4.79 Å². The van der Waals surface area contributed by atoms with Gasteiger partial charge in [-0.1, -0.05) is 25.1 Å². The molecular weight excluding hydrogens is 512 g/mol. The van der Waals surface area contributed by atoms with Crippen molar-refractivity contribution in [2.45, 2.75) is 34.5 Å². The Balaban J connectivity index is 2.33. The fourth-order valence-electron chi connectivity index (χ4n) is 3.95. The second-order valence-corrected chi connectivity index (χ2v) is 11.4. The third-order valence-corrected chi connectivity index (χ3v) is 7.86. The van der Waals surface area contributed by atoms with Crippen molar-refractivity contribution in [3.8, 4) is 5.75 Å². The molecule has 0 aliphatic heterocycles. The molecule has 0 spiro atoms. The maximum Gasteiger partial charge on any atom is 0.311 e. The Morgan fingerprint density at radius 3 is 1.50 bits per heavy atom. The summed E-state index contributed by atoms with van der Waals surface area (Å²) in [6.45, 7) is 1.69. The molecule has 180 valence electrons. The molecule has 0 amide bonds. The van der Waals surface area contributed by atoms with Gasteiger partial charge in [-0.05, 0) is 24.6 Å². The molecule has 4 aromatic carbocycles. The number of esters is 1. The average Bonchev–Trinajstić information content (AvgIpc) is 2.70. The van der Waals surface area contributed by atoms with Crippen LogP contribution in [0.25, 0.3) is 32.3 Å². The van der Waals surface area contributed by atoms with E-state index in [0.717, 1.165) is 24.3 Å². The van der Waals surface area contributed by atoms with Crippen molar-refractivity contribution < 1.29 is 48.4 Å². The van der Waals surface area contributed by atoms with Crippen LogP contribution in [0.15, 0.2) is 51.1 Å². The highest BCUT2D eigenvalue weighted by Gasteiger charge is 2.24. The molecule has 0 heterocycles. The maximum atomic E-state index is 12.1.